The number of alkyl halides is 3. The highest BCUT2D eigenvalue weighted by molar-refractivity contribution is 6.08. The van der Waals surface area contributed by atoms with E-state index in [9.17, 15) is 18.0 Å². The first-order chi connectivity index (χ1) is 11.4. The fourth-order valence-electron chi connectivity index (χ4n) is 2.79. The molecule has 1 aromatic carbocycles. The zero-order chi connectivity index (χ0) is 16.9. The van der Waals surface area contributed by atoms with E-state index in [-0.39, 0.29) is 36.5 Å². The summed E-state index contributed by atoms with van der Waals surface area (Å²) in [5.74, 6) is 0.218. The van der Waals surface area contributed by atoms with Gasteiger partial charge in [0.15, 0.2) is 5.84 Å². The molecule has 3 N–H and O–H groups in total. The molecule has 1 aromatic rings. The van der Waals surface area contributed by atoms with Crippen molar-refractivity contribution in [3.8, 4) is 5.75 Å². The topological polar surface area (TPSA) is 78.0 Å². The van der Waals surface area contributed by atoms with Gasteiger partial charge in [0.25, 0.3) is 5.91 Å². The van der Waals surface area contributed by atoms with E-state index in [4.69, 9.17) is 4.74 Å². The van der Waals surface area contributed by atoms with Gasteiger partial charge in [-0.25, -0.2) is 5.43 Å². The smallest absolute Gasteiger partial charge is 0.418 e. The van der Waals surface area contributed by atoms with Gasteiger partial charge in [-0.05, 0) is 12.1 Å². The fraction of sp³-hybridized carbons (Fsp3) is 0.429. The number of nitrogens with zero attached hydrogens (tertiary/aromatic N) is 2. The lowest BCUT2D eigenvalue weighted by molar-refractivity contribution is -0.137. The number of anilines is 2. The molecule has 0 bridgehead atoms. The maximum absolute atomic E-state index is 13.4. The van der Waals surface area contributed by atoms with E-state index in [0.29, 0.717) is 24.6 Å². The largest absolute Gasteiger partial charge is 0.483 e. The Morgan fingerprint density at radius 1 is 1.33 bits per heavy atom. The predicted molar refractivity (Wildman–Crippen MR) is 80.1 cm³/mol. The van der Waals surface area contributed by atoms with Gasteiger partial charge in [-0.15, -0.1) is 0 Å². The number of fused-ring (bicyclic) bond motifs is 3. The SMILES string of the molecule is O=C1CN2C(=NN1)COc1cc(C(F)(F)F)c(NC3CNC3)cc12. The Labute approximate surface area is 134 Å². The number of benzene rings is 1. The van der Waals surface area contributed by atoms with Gasteiger partial charge in [-0.2, -0.15) is 18.3 Å². The summed E-state index contributed by atoms with van der Waals surface area (Å²) in [5.41, 5.74) is 1.93. The lowest BCUT2D eigenvalue weighted by atomic mass is 10.1. The van der Waals surface area contributed by atoms with Crippen molar-refractivity contribution in [2.24, 2.45) is 5.10 Å². The molecule has 1 saturated heterocycles. The van der Waals surface area contributed by atoms with Crippen molar-refractivity contribution in [1.29, 1.82) is 0 Å². The first-order valence-corrected chi connectivity index (χ1v) is 7.40. The third kappa shape index (κ3) is 2.52. The van der Waals surface area contributed by atoms with Gasteiger partial charge >= 0.3 is 6.18 Å². The summed E-state index contributed by atoms with van der Waals surface area (Å²) in [6.07, 6.45) is -4.51. The summed E-state index contributed by atoms with van der Waals surface area (Å²) in [5, 5.41) is 9.79. The van der Waals surface area contributed by atoms with E-state index in [2.05, 4.69) is 21.2 Å². The molecule has 0 spiro atoms. The molecule has 3 aliphatic rings. The van der Waals surface area contributed by atoms with Crippen LogP contribution in [0, 0.1) is 0 Å². The van der Waals surface area contributed by atoms with Crippen LogP contribution in [0.3, 0.4) is 0 Å². The third-order valence-electron chi connectivity index (χ3n) is 4.12. The van der Waals surface area contributed by atoms with Crippen molar-refractivity contribution in [3.63, 3.8) is 0 Å². The minimum absolute atomic E-state index is 0.00387. The zero-order valence-electron chi connectivity index (χ0n) is 12.4. The first-order valence-electron chi connectivity index (χ1n) is 7.40. The molecule has 1 amide bonds. The van der Waals surface area contributed by atoms with Crippen LogP contribution in [0.1, 0.15) is 5.56 Å². The number of amidine groups is 1. The molecule has 0 radical (unpaired) electrons. The van der Waals surface area contributed by atoms with Crippen LogP contribution in [0.5, 0.6) is 5.75 Å². The molecule has 4 rings (SSSR count). The lowest BCUT2D eigenvalue weighted by Crippen LogP contribution is -2.52. The minimum Gasteiger partial charge on any atom is -0.483 e. The van der Waals surface area contributed by atoms with Gasteiger partial charge in [0.2, 0.25) is 0 Å². The number of hydrogen-bond acceptors (Lipinski definition) is 6. The van der Waals surface area contributed by atoms with Crippen molar-refractivity contribution >= 4 is 23.1 Å². The molecule has 0 saturated carbocycles. The number of hydrogen-bond donors (Lipinski definition) is 3. The molecule has 10 heteroatoms. The molecule has 0 aromatic heterocycles. The van der Waals surface area contributed by atoms with Crippen LogP contribution >= 0.6 is 0 Å². The van der Waals surface area contributed by atoms with Crippen molar-refractivity contribution in [2.75, 3.05) is 36.5 Å². The highest BCUT2D eigenvalue weighted by atomic mass is 19.4. The number of ether oxygens (including phenoxy) is 1. The van der Waals surface area contributed by atoms with E-state index >= 15 is 0 Å². The summed E-state index contributed by atoms with van der Waals surface area (Å²) in [7, 11) is 0. The van der Waals surface area contributed by atoms with Gasteiger partial charge in [0.1, 0.15) is 18.9 Å². The highest BCUT2D eigenvalue weighted by Crippen LogP contribution is 2.44. The number of amides is 1. The van der Waals surface area contributed by atoms with Gasteiger partial charge in [-0.3, -0.25) is 4.79 Å². The van der Waals surface area contributed by atoms with Gasteiger partial charge in [0.05, 0.1) is 17.3 Å². The predicted octanol–water partition coefficient (Wildman–Crippen LogP) is 0.731. The van der Waals surface area contributed by atoms with Crippen LogP contribution in [-0.4, -0.2) is 44.0 Å². The molecule has 24 heavy (non-hydrogen) atoms. The summed E-state index contributed by atoms with van der Waals surface area (Å²) < 4.78 is 45.5. The Balaban J connectivity index is 1.78. The number of nitrogens with one attached hydrogen (secondary N) is 3. The summed E-state index contributed by atoms with van der Waals surface area (Å²) >= 11 is 0. The van der Waals surface area contributed by atoms with Crippen molar-refractivity contribution in [2.45, 2.75) is 12.2 Å². The standard InChI is InChI=1S/C14H14F3N5O2/c15-14(16,17)8-1-11-10(2-9(8)19-7-3-18-4-7)22-5-13(23)21-20-12(22)6-24-11/h1-2,7,18-19H,3-6H2,(H,21,23). The Bertz CT molecular complexity index is 730. The average molecular weight is 341 g/mol. The monoisotopic (exact) mass is 341 g/mol. The van der Waals surface area contributed by atoms with Crippen LogP contribution in [-0.2, 0) is 11.0 Å². The molecule has 0 atom stereocenters. The maximum atomic E-state index is 13.4. The Morgan fingerprint density at radius 2 is 2.12 bits per heavy atom. The summed E-state index contributed by atoms with van der Waals surface area (Å²) in [6, 6.07) is 2.29. The van der Waals surface area contributed by atoms with E-state index in [1.165, 1.54) is 6.07 Å². The lowest BCUT2D eigenvalue weighted by Gasteiger charge is -2.36. The number of carbonyl (C=O) groups is 1. The van der Waals surface area contributed by atoms with E-state index in [1.807, 2.05) is 0 Å². The van der Waals surface area contributed by atoms with Crippen molar-refractivity contribution in [1.82, 2.24) is 10.7 Å². The normalized spacial score (nSPS) is 20.2. The fourth-order valence-corrected chi connectivity index (χ4v) is 2.79. The second-order valence-corrected chi connectivity index (χ2v) is 5.80. The van der Waals surface area contributed by atoms with E-state index < -0.39 is 11.7 Å². The van der Waals surface area contributed by atoms with Crippen LogP contribution in [0.4, 0.5) is 24.5 Å². The highest BCUT2D eigenvalue weighted by Gasteiger charge is 2.38. The van der Waals surface area contributed by atoms with Crippen molar-refractivity contribution in [3.05, 3.63) is 17.7 Å². The quantitative estimate of drug-likeness (QED) is 0.739. The second kappa shape index (κ2) is 5.26. The third-order valence-corrected chi connectivity index (χ3v) is 4.12. The molecule has 128 valence electrons. The Morgan fingerprint density at radius 3 is 2.79 bits per heavy atom. The molecular weight excluding hydrogens is 327 g/mol. The maximum Gasteiger partial charge on any atom is 0.418 e. The first kappa shape index (κ1) is 15.1. The number of rotatable bonds is 2. The molecular formula is C14H14F3N5O2. The minimum atomic E-state index is -4.51. The van der Waals surface area contributed by atoms with Crippen molar-refractivity contribution < 1.29 is 22.7 Å². The van der Waals surface area contributed by atoms with E-state index in [1.54, 1.807) is 4.90 Å². The van der Waals surface area contributed by atoms with Crippen LogP contribution in [0.15, 0.2) is 17.2 Å². The van der Waals surface area contributed by atoms with E-state index in [0.717, 1.165) is 6.07 Å². The number of carbonyl (C=O) groups excluding carboxylic acids is 1. The van der Waals surface area contributed by atoms with Gasteiger partial charge in [-0.1, -0.05) is 0 Å². The van der Waals surface area contributed by atoms with Crippen LogP contribution in [0.2, 0.25) is 0 Å². The number of hydrazone groups is 1. The molecule has 3 heterocycles. The molecule has 1 fully saturated rings. The Hall–Kier alpha value is -2.49. The summed E-state index contributed by atoms with van der Waals surface area (Å²) in [4.78, 5) is 13.1. The molecule has 7 nitrogen and oxygen atoms in total. The Kier molecular flexibility index (Phi) is 3.30. The van der Waals surface area contributed by atoms with Crippen LogP contribution < -0.4 is 25.7 Å². The van der Waals surface area contributed by atoms with Gasteiger partial charge < -0.3 is 20.3 Å². The second-order valence-electron chi connectivity index (χ2n) is 5.80. The molecule has 0 aliphatic carbocycles. The zero-order valence-corrected chi connectivity index (χ0v) is 12.4. The van der Waals surface area contributed by atoms with Gasteiger partial charge in [0, 0.05) is 18.8 Å². The molecule has 0 unspecified atom stereocenters. The molecule has 3 aliphatic heterocycles. The summed E-state index contributed by atoms with van der Waals surface area (Å²) in [6.45, 7) is 1.20. The number of halogens is 3. The van der Waals surface area contributed by atoms with Crippen LogP contribution in [0.25, 0.3) is 0 Å². The average Bonchev–Trinajstić information content (AvgIpc) is 2.49.